The maximum absolute atomic E-state index is 13.6. The molecule has 0 aromatic heterocycles. The van der Waals surface area contributed by atoms with Crippen LogP contribution in [0.4, 0.5) is 23.2 Å². The number of halogens is 4. The fourth-order valence-corrected chi connectivity index (χ4v) is 2.52. The van der Waals surface area contributed by atoms with Gasteiger partial charge in [-0.3, -0.25) is 9.79 Å². The van der Waals surface area contributed by atoms with Crippen molar-refractivity contribution in [1.29, 1.82) is 0 Å². The Morgan fingerprint density at radius 2 is 1.76 bits per heavy atom. The van der Waals surface area contributed by atoms with Crippen molar-refractivity contribution in [2.75, 3.05) is 25.5 Å². The van der Waals surface area contributed by atoms with Crippen molar-refractivity contribution in [2.24, 2.45) is 4.99 Å². The Balaban J connectivity index is 1.90. The molecule has 0 radical (unpaired) electrons. The van der Waals surface area contributed by atoms with Crippen LogP contribution in [0, 0.1) is 23.3 Å². The van der Waals surface area contributed by atoms with Crippen LogP contribution in [0.15, 0.2) is 41.4 Å². The summed E-state index contributed by atoms with van der Waals surface area (Å²) in [6.07, 6.45) is 0. The minimum atomic E-state index is -1.66. The highest BCUT2D eigenvalue weighted by molar-refractivity contribution is 5.95. The van der Waals surface area contributed by atoms with E-state index in [1.165, 1.54) is 19.2 Å². The molecule has 1 amide bonds. The summed E-state index contributed by atoms with van der Waals surface area (Å²) < 4.78 is 53.2. The molecule has 0 heterocycles. The molecular weight excluding hydrogens is 388 g/mol. The summed E-state index contributed by atoms with van der Waals surface area (Å²) in [5.74, 6) is -5.20. The van der Waals surface area contributed by atoms with Crippen molar-refractivity contribution in [3.8, 4) is 0 Å². The minimum absolute atomic E-state index is 0.287. The number of hydrogen-bond acceptors (Lipinski definition) is 2. The number of guanidine groups is 1. The third-order valence-electron chi connectivity index (χ3n) is 4.25. The fourth-order valence-electron chi connectivity index (χ4n) is 2.52. The summed E-state index contributed by atoms with van der Waals surface area (Å²) >= 11 is 0. The van der Waals surface area contributed by atoms with Crippen molar-refractivity contribution in [3.63, 3.8) is 0 Å². The molecule has 0 aliphatic carbocycles. The van der Waals surface area contributed by atoms with Gasteiger partial charge in [0, 0.05) is 19.0 Å². The van der Waals surface area contributed by atoms with Gasteiger partial charge in [-0.2, -0.15) is 0 Å². The van der Waals surface area contributed by atoms with E-state index in [1.807, 2.05) is 19.9 Å². The van der Waals surface area contributed by atoms with Crippen LogP contribution in [0.3, 0.4) is 0 Å². The first-order valence-electron chi connectivity index (χ1n) is 8.78. The van der Waals surface area contributed by atoms with Crippen LogP contribution in [0.2, 0.25) is 0 Å². The Hall–Kier alpha value is -3.10. The van der Waals surface area contributed by atoms with Crippen LogP contribution in [0.25, 0.3) is 0 Å². The summed E-state index contributed by atoms with van der Waals surface area (Å²) in [5.41, 5.74) is -0.116. The average molecular weight is 410 g/mol. The number of carbonyl (C=O) groups is 1. The Kier molecular flexibility index (Phi) is 7.19. The lowest BCUT2D eigenvalue weighted by Crippen LogP contribution is -2.45. The quantitative estimate of drug-likeness (QED) is 0.296. The SMILES string of the molecule is CN=C(NCC(=O)Nc1ccc(F)c(F)c1F)NCC(C)(C)c1cccc(F)c1. The Bertz CT molecular complexity index is 915. The van der Waals surface area contributed by atoms with E-state index in [9.17, 15) is 22.4 Å². The highest BCUT2D eigenvalue weighted by atomic mass is 19.2. The van der Waals surface area contributed by atoms with Crippen molar-refractivity contribution in [1.82, 2.24) is 10.6 Å². The average Bonchev–Trinajstić information content (AvgIpc) is 2.68. The lowest BCUT2D eigenvalue weighted by Gasteiger charge is -2.26. The van der Waals surface area contributed by atoms with E-state index in [4.69, 9.17) is 0 Å². The molecule has 0 saturated carbocycles. The first kappa shape index (κ1) is 22.2. The maximum atomic E-state index is 13.6. The largest absolute Gasteiger partial charge is 0.356 e. The van der Waals surface area contributed by atoms with E-state index in [2.05, 4.69) is 20.9 Å². The molecular formula is C20H22F4N4O. The summed E-state index contributed by atoms with van der Waals surface area (Å²) in [6, 6.07) is 7.90. The van der Waals surface area contributed by atoms with E-state index in [0.29, 0.717) is 6.54 Å². The van der Waals surface area contributed by atoms with Crippen LogP contribution in [-0.2, 0) is 10.2 Å². The summed E-state index contributed by atoms with van der Waals surface area (Å²) in [5, 5.41) is 7.92. The molecule has 0 atom stereocenters. The van der Waals surface area contributed by atoms with Crippen molar-refractivity contribution >= 4 is 17.6 Å². The zero-order chi connectivity index (χ0) is 21.6. The Morgan fingerprint density at radius 3 is 2.41 bits per heavy atom. The van der Waals surface area contributed by atoms with Crippen LogP contribution < -0.4 is 16.0 Å². The summed E-state index contributed by atoms with van der Waals surface area (Å²) in [6.45, 7) is 3.93. The lowest BCUT2D eigenvalue weighted by atomic mass is 9.84. The van der Waals surface area contributed by atoms with Gasteiger partial charge in [0.05, 0.1) is 12.2 Å². The molecule has 9 heteroatoms. The number of rotatable bonds is 6. The van der Waals surface area contributed by atoms with Gasteiger partial charge in [-0.05, 0) is 29.8 Å². The Labute approximate surface area is 166 Å². The standard InChI is InChI=1S/C20H22F4N4O/c1-20(2,12-5-4-6-13(21)9-12)11-27-19(25-3)26-10-16(29)28-15-8-7-14(22)17(23)18(15)24/h4-9H,10-11H2,1-3H3,(H,28,29)(H2,25,26,27). The number of anilines is 1. The van der Waals surface area contributed by atoms with Gasteiger partial charge in [0.1, 0.15) is 5.82 Å². The molecule has 29 heavy (non-hydrogen) atoms. The van der Waals surface area contributed by atoms with Gasteiger partial charge in [0.2, 0.25) is 5.91 Å². The third-order valence-corrected chi connectivity index (χ3v) is 4.25. The molecule has 0 fully saturated rings. The zero-order valence-corrected chi connectivity index (χ0v) is 16.2. The topological polar surface area (TPSA) is 65.5 Å². The third kappa shape index (κ3) is 5.94. The van der Waals surface area contributed by atoms with Crippen LogP contribution in [0.1, 0.15) is 19.4 Å². The lowest BCUT2D eigenvalue weighted by molar-refractivity contribution is -0.115. The molecule has 0 aliphatic rings. The molecule has 0 unspecified atom stereocenters. The first-order chi connectivity index (χ1) is 13.6. The Morgan fingerprint density at radius 1 is 1.03 bits per heavy atom. The minimum Gasteiger partial charge on any atom is -0.356 e. The van der Waals surface area contributed by atoms with Gasteiger partial charge < -0.3 is 16.0 Å². The van der Waals surface area contributed by atoms with Gasteiger partial charge in [-0.1, -0.05) is 26.0 Å². The molecule has 0 aliphatic heterocycles. The monoisotopic (exact) mass is 410 g/mol. The molecule has 0 spiro atoms. The van der Waals surface area contributed by atoms with Crippen LogP contribution in [-0.4, -0.2) is 32.0 Å². The number of aliphatic imine (C=N–C) groups is 1. The predicted molar refractivity (Wildman–Crippen MR) is 104 cm³/mol. The maximum Gasteiger partial charge on any atom is 0.243 e. The molecule has 5 nitrogen and oxygen atoms in total. The summed E-state index contributed by atoms with van der Waals surface area (Å²) in [4.78, 5) is 15.9. The van der Waals surface area contributed by atoms with E-state index < -0.39 is 34.5 Å². The molecule has 3 N–H and O–H groups in total. The zero-order valence-electron chi connectivity index (χ0n) is 16.2. The van der Waals surface area contributed by atoms with Crippen molar-refractivity contribution in [2.45, 2.75) is 19.3 Å². The summed E-state index contributed by atoms with van der Waals surface area (Å²) in [7, 11) is 1.50. The molecule has 2 aromatic carbocycles. The second-order valence-electron chi connectivity index (χ2n) is 6.94. The van der Waals surface area contributed by atoms with Gasteiger partial charge in [0.15, 0.2) is 23.4 Å². The normalized spacial score (nSPS) is 11.9. The molecule has 2 aromatic rings. The number of amides is 1. The van der Waals surface area contributed by atoms with Gasteiger partial charge >= 0.3 is 0 Å². The molecule has 2 rings (SSSR count). The first-order valence-corrected chi connectivity index (χ1v) is 8.78. The fraction of sp³-hybridized carbons (Fsp3) is 0.300. The van der Waals surface area contributed by atoms with Crippen LogP contribution >= 0.6 is 0 Å². The predicted octanol–water partition coefficient (Wildman–Crippen LogP) is 3.32. The number of nitrogens with zero attached hydrogens (tertiary/aromatic N) is 1. The van der Waals surface area contributed by atoms with Gasteiger partial charge in [-0.25, -0.2) is 17.6 Å². The number of carbonyl (C=O) groups excluding carboxylic acids is 1. The van der Waals surface area contributed by atoms with Gasteiger partial charge in [-0.15, -0.1) is 0 Å². The molecule has 0 bridgehead atoms. The van der Waals surface area contributed by atoms with E-state index >= 15 is 0 Å². The second kappa shape index (κ2) is 9.40. The highest BCUT2D eigenvalue weighted by Gasteiger charge is 2.21. The van der Waals surface area contributed by atoms with E-state index in [-0.39, 0.29) is 18.3 Å². The number of hydrogen-bond donors (Lipinski definition) is 3. The number of benzene rings is 2. The van der Waals surface area contributed by atoms with Crippen molar-refractivity contribution < 1.29 is 22.4 Å². The smallest absolute Gasteiger partial charge is 0.243 e. The number of nitrogens with one attached hydrogen (secondary N) is 3. The molecule has 156 valence electrons. The van der Waals surface area contributed by atoms with Crippen LogP contribution in [0.5, 0.6) is 0 Å². The van der Waals surface area contributed by atoms with E-state index in [1.54, 1.807) is 6.07 Å². The van der Waals surface area contributed by atoms with E-state index in [0.717, 1.165) is 17.7 Å². The highest BCUT2D eigenvalue weighted by Crippen LogP contribution is 2.23. The van der Waals surface area contributed by atoms with Gasteiger partial charge in [0.25, 0.3) is 0 Å². The molecule has 0 saturated heterocycles. The second-order valence-corrected chi connectivity index (χ2v) is 6.94. The van der Waals surface area contributed by atoms with Crippen molar-refractivity contribution in [3.05, 3.63) is 65.2 Å².